The molecule has 124 valence electrons. The van der Waals surface area contributed by atoms with Crippen molar-refractivity contribution in [3.05, 3.63) is 49.0 Å². The Bertz CT molecular complexity index is 918. The summed E-state index contributed by atoms with van der Waals surface area (Å²) in [6.07, 6.45) is 7.53. The minimum absolute atomic E-state index is 0.0345. The molecular formula is C15H14N4O4S. The summed E-state index contributed by atoms with van der Waals surface area (Å²) in [5, 5.41) is 3.87. The molecule has 0 bridgehead atoms. The van der Waals surface area contributed by atoms with E-state index < -0.39 is 10.0 Å². The summed E-state index contributed by atoms with van der Waals surface area (Å²) < 4.78 is 37.3. The van der Waals surface area contributed by atoms with Crippen molar-refractivity contribution in [2.75, 3.05) is 0 Å². The van der Waals surface area contributed by atoms with Gasteiger partial charge < -0.3 is 8.94 Å². The Morgan fingerprint density at radius 2 is 2.17 bits per heavy atom. The maximum absolute atomic E-state index is 12.8. The van der Waals surface area contributed by atoms with E-state index >= 15 is 0 Å². The Morgan fingerprint density at radius 1 is 1.29 bits per heavy atom. The van der Waals surface area contributed by atoms with Gasteiger partial charge in [-0.3, -0.25) is 4.98 Å². The summed E-state index contributed by atoms with van der Waals surface area (Å²) in [4.78, 5) is 8.30. The van der Waals surface area contributed by atoms with Gasteiger partial charge in [-0.2, -0.15) is 9.29 Å². The smallest absolute Gasteiger partial charge is 0.245 e. The predicted molar refractivity (Wildman–Crippen MR) is 82.0 cm³/mol. The monoisotopic (exact) mass is 346 g/mol. The lowest BCUT2D eigenvalue weighted by atomic mass is 10.3. The molecule has 0 amide bonds. The van der Waals surface area contributed by atoms with Crippen LogP contribution >= 0.6 is 0 Å². The first-order valence-corrected chi connectivity index (χ1v) is 8.85. The highest BCUT2D eigenvalue weighted by atomic mass is 32.2. The van der Waals surface area contributed by atoms with Crippen LogP contribution in [-0.2, 0) is 16.6 Å². The summed E-state index contributed by atoms with van der Waals surface area (Å²) in [7, 11) is -3.66. The van der Waals surface area contributed by atoms with Gasteiger partial charge in [0, 0.05) is 18.4 Å². The number of sulfonamides is 1. The fourth-order valence-corrected chi connectivity index (χ4v) is 3.97. The number of hydrogen-bond donors (Lipinski definition) is 0. The first kappa shape index (κ1) is 15.0. The van der Waals surface area contributed by atoms with Crippen LogP contribution in [0.25, 0.3) is 11.4 Å². The molecule has 9 heteroatoms. The summed E-state index contributed by atoms with van der Waals surface area (Å²) in [6, 6.07) is 4.79. The number of rotatable bonds is 6. The van der Waals surface area contributed by atoms with Crippen LogP contribution in [0.1, 0.15) is 18.7 Å². The van der Waals surface area contributed by atoms with Gasteiger partial charge in [-0.1, -0.05) is 5.16 Å². The van der Waals surface area contributed by atoms with Crippen LogP contribution in [0, 0.1) is 0 Å². The molecule has 0 radical (unpaired) electrons. The lowest BCUT2D eigenvalue weighted by Gasteiger charge is -2.19. The van der Waals surface area contributed by atoms with Crippen LogP contribution in [0.4, 0.5) is 0 Å². The summed E-state index contributed by atoms with van der Waals surface area (Å²) in [5.41, 5.74) is 0.679. The lowest BCUT2D eigenvalue weighted by molar-refractivity contribution is 0.311. The van der Waals surface area contributed by atoms with Crippen molar-refractivity contribution in [2.45, 2.75) is 30.3 Å². The standard InChI is InChI=1S/C15H14N4O4S/c20-24(21,13-2-1-6-16-8-13)19(12-3-4-12)9-14-17-15(18-23-14)11-5-7-22-10-11/h1-2,5-8,10,12H,3-4,9H2. The molecule has 3 aromatic heterocycles. The van der Waals surface area contributed by atoms with Gasteiger partial charge in [0.15, 0.2) is 0 Å². The van der Waals surface area contributed by atoms with Gasteiger partial charge in [0.05, 0.1) is 18.4 Å². The van der Waals surface area contributed by atoms with Gasteiger partial charge in [-0.05, 0) is 31.0 Å². The Morgan fingerprint density at radius 3 is 2.83 bits per heavy atom. The average Bonchev–Trinajstić information content (AvgIpc) is 3.10. The number of hydrogen-bond acceptors (Lipinski definition) is 7. The highest BCUT2D eigenvalue weighted by Gasteiger charge is 2.39. The van der Waals surface area contributed by atoms with Crippen LogP contribution in [0.15, 0.2) is 57.0 Å². The minimum Gasteiger partial charge on any atom is -0.472 e. The predicted octanol–water partition coefficient (Wildman–Crippen LogP) is 2.08. The third-order valence-corrected chi connectivity index (χ3v) is 5.62. The minimum atomic E-state index is -3.66. The van der Waals surface area contributed by atoms with E-state index in [2.05, 4.69) is 15.1 Å². The molecule has 24 heavy (non-hydrogen) atoms. The molecule has 1 aliphatic rings. The van der Waals surface area contributed by atoms with E-state index in [1.165, 1.54) is 35.3 Å². The molecule has 0 unspecified atom stereocenters. The molecule has 1 saturated carbocycles. The number of furan rings is 1. The molecule has 3 aromatic rings. The second-order valence-electron chi connectivity index (χ2n) is 5.49. The van der Waals surface area contributed by atoms with Crippen LogP contribution in [0.2, 0.25) is 0 Å². The second kappa shape index (κ2) is 5.84. The molecule has 0 atom stereocenters. The molecular weight excluding hydrogens is 332 g/mol. The van der Waals surface area contributed by atoms with Gasteiger partial charge in [0.1, 0.15) is 11.2 Å². The molecule has 3 heterocycles. The quantitative estimate of drug-likeness (QED) is 0.673. The molecule has 1 fully saturated rings. The first-order valence-electron chi connectivity index (χ1n) is 7.41. The fourth-order valence-electron chi connectivity index (χ4n) is 2.37. The topological polar surface area (TPSA) is 102 Å². The number of nitrogens with zero attached hydrogens (tertiary/aromatic N) is 4. The molecule has 0 saturated heterocycles. The first-order chi connectivity index (χ1) is 11.6. The van der Waals surface area contributed by atoms with Crippen molar-refractivity contribution in [3.63, 3.8) is 0 Å². The van der Waals surface area contributed by atoms with Gasteiger partial charge >= 0.3 is 0 Å². The van der Waals surface area contributed by atoms with E-state index in [-0.39, 0.29) is 23.4 Å². The Hall–Kier alpha value is -2.52. The van der Waals surface area contributed by atoms with E-state index in [9.17, 15) is 8.42 Å². The van der Waals surface area contributed by atoms with E-state index in [4.69, 9.17) is 8.94 Å². The zero-order chi connectivity index (χ0) is 16.6. The molecule has 0 spiro atoms. The van der Waals surface area contributed by atoms with E-state index in [1.807, 2.05) is 0 Å². The molecule has 4 rings (SSSR count). The van der Waals surface area contributed by atoms with Gasteiger partial charge in [-0.15, -0.1) is 0 Å². The third-order valence-electron chi connectivity index (χ3n) is 3.73. The molecule has 0 aliphatic heterocycles. The second-order valence-corrected chi connectivity index (χ2v) is 7.38. The lowest BCUT2D eigenvalue weighted by Crippen LogP contribution is -2.32. The highest BCUT2D eigenvalue weighted by molar-refractivity contribution is 7.89. The summed E-state index contributed by atoms with van der Waals surface area (Å²) in [5.74, 6) is 0.610. The maximum Gasteiger partial charge on any atom is 0.245 e. The summed E-state index contributed by atoms with van der Waals surface area (Å²) >= 11 is 0. The van der Waals surface area contributed by atoms with Gasteiger partial charge in [0.2, 0.25) is 21.7 Å². The van der Waals surface area contributed by atoms with Crippen molar-refractivity contribution in [1.29, 1.82) is 0 Å². The van der Waals surface area contributed by atoms with Crippen molar-refractivity contribution >= 4 is 10.0 Å². The highest BCUT2D eigenvalue weighted by Crippen LogP contribution is 2.33. The number of pyridine rings is 1. The largest absolute Gasteiger partial charge is 0.472 e. The van der Waals surface area contributed by atoms with E-state index in [0.717, 1.165) is 12.8 Å². The maximum atomic E-state index is 12.8. The normalized spacial score (nSPS) is 15.0. The van der Waals surface area contributed by atoms with Gasteiger partial charge in [-0.25, -0.2) is 8.42 Å². The average molecular weight is 346 g/mol. The Balaban J connectivity index is 1.61. The van der Waals surface area contributed by atoms with Crippen molar-refractivity contribution < 1.29 is 17.4 Å². The van der Waals surface area contributed by atoms with Crippen LogP contribution in [0.3, 0.4) is 0 Å². The Kier molecular flexibility index (Phi) is 3.66. The fraction of sp³-hybridized carbons (Fsp3) is 0.267. The van der Waals surface area contributed by atoms with Gasteiger partial charge in [0.25, 0.3) is 0 Å². The SMILES string of the molecule is O=S(=O)(c1cccnc1)N(Cc1nc(-c2ccoc2)no1)C1CC1. The molecule has 1 aliphatic carbocycles. The summed E-state index contributed by atoms with van der Waals surface area (Å²) in [6.45, 7) is 0.0345. The molecule has 8 nitrogen and oxygen atoms in total. The van der Waals surface area contributed by atoms with E-state index in [1.54, 1.807) is 12.1 Å². The van der Waals surface area contributed by atoms with Crippen LogP contribution in [-0.4, -0.2) is 33.9 Å². The van der Waals surface area contributed by atoms with Crippen molar-refractivity contribution in [1.82, 2.24) is 19.4 Å². The Labute approximate surface area is 138 Å². The zero-order valence-electron chi connectivity index (χ0n) is 12.6. The van der Waals surface area contributed by atoms with Crippen LogP contribution < -0.4 is 0 Å². The van der Waals surface area contributed by atoms with Crippen LogP contribution in [0.5, 0.6) is 0 Å². The van der Waals surface area contributed by atoms with Crippen molar-refractivity contribution in [3.8, 4) is 11.4 Å². The van der Waals surface area contributed by atoms with Crippen molar-refractivity contribution in [2.24, 2.45) is 0 Å². The zero-order valence-corrected chi connectivity index (χ0v) is 13.4. The third kappa shape index (κ3) is 2.83. The molecule has 0 N–H and O–H groups in total. The molecule has 0 aromatic carbocycles. The number of aromatic nitrogens is 3. The van der Waals surface area contributed by atoms with E-state index in [0.29, 0.717) is 11.4 Å².